The molecule has 0 amide bonds. The molecule has 0 saturated carbocycles. The Morgan fingerprint density at radius 1 is 1.28 bits per heavy atom. The molecule has 2 heterocycles. The lowest BCUT2D eigenvalue weighted by Crippen LogP contribution is -2.16. The van der Waals surface area contributed by atoms with Crippen LogP contribution in [0.1, 0.15) is 0 Å². The van der Waals surface area contributed by atoms with Crippen LogP contribution in [0.2, 0.25) is 5.02 Å². The first-order chi connectivity index (χ1) is 15.3. The number of aromatic nitrogens is 2. The van der Waals surface area contributed by atoms with Crippen LogP contribution in [0.3, 0.4) is 0 Å². The van der Waals surface area contributed by atoms with Crippen molar-refractivity contribution in [1.82, 2.24) is 14.5 Å². The molecule has 0 spiro atoms. The quantitative estimate of drug-likeness (QED) is 0.209. The van der Waals surface area contributed by atoms with Gasteiger partial charge < -0.3 is 10.4 Å². The first kappa shape index (κ1) is 22.8. The van der Waals surface area contributed by atoms with E-state index in [1.54, 1.807) is 4.57 Å². The first-order valence-corrected chi connectivity index (χ1v) is 11.9. The Morgan fingerprint density at radius 3 is 2.75 bits per heavy atom. The van der Waals surface area contributed by atoms with E-state index in [1.807, 2.05) is 66.8 Å². The van der Waals surface area contributed by atoms with Crippen molar-refractivity contribution in [2.75, 3.05) is 19.4 Å². The van der Waals surface area contributed by atoms with Gasteiger partial charge in [-0.1, -0.05) is 39.7 Å². The lowest BCUT2D eigenvalue weighted by Gasteiger charge is -2.13. The van der Waals surface area contributed by atoms with E-state index in [2.05, 4.69) is 36.5 Å². The molecule has 0 radical (unpaired) electrons. The Labute approximate surface area is 207 Å². The van der Waals surface area contributed by atoms with E-state index < -0.39 is 0 Å². The van der Waals surface area contributed by atoms with Gasteiger partial charge in [0.1, 0.15) is 0 Å². The van der Waals surface area contributed by atoms with Crippen molar-refractivity contribution in [3.8, 4) is 17.1 Å². The molecule has 2 aromatic carbocycles. The Balaban J connectivity index is 1.56. The van der Waals surface area contributed by atoms with Gasteiger partial charge >= 0.3 is 0 Å². The summed E-state index contributed by atoms with van der Waals surface area (Å²) in [4.78, 5) is 6.48. The summed E-state index contributed by atoms with van der Waals surface area (Å²) in [5, 5.41) is 26.2. The third-order valence-electron chi connectivity index (χ3n) is 4.50. The van der Waals surface area contributed by atoms with Gasteiger partial charge in [0.05, 0.1) is 17.9 Å². The van der Waals surface area contributed by atoms with E-state index in [9.17, 15) is 5.11 Å². The summed E-state index contributed by atoms with van der Waals surface area (Å²) in [6.45, 7) is 0.495. The molecule has 0 aliphatic rings. The number of thiazole rings is 1. The summed E-state index contributed by atoms with van der Waals surface area (Å²) in [5.74, 6) is 0.0256. The zero-order valence-electron chi connectivity index (χ0n) is 17.1. The normalized spacial score (nSPS) is 11.7. The van der Waals surface area contributed by atoms with Crippen molar-refractivity contribution in [3.63, 3.8) is 0 Å². The minimum atomic E-state index is 0.0256. The van der Waals surface area contributed by atoms with Crippen LogP contribution in [0, 0.1) is 0 Å². The summed E-state index contributed by atoms with van der Waals surface area (Å²) >= 11 is 16.1. The maximum absolute atomic E-state index is 10.8. The van der Waals surface area contributed by atoms with Gasteiger partial charge in [-0.05, 0) is 56.6 Å². The number of fused-ring (bicyclic) bond motifs is 1. The topological polar surface area (TPSA) is 78.0 Å². The molecule has 2 N–H and O–H groups in total. The number of aromatic hydroxyl groups is 1. The van der Waals surface area contributed by atoms with Crippen LogP contribution < -0.4 is 5.32 Å². The first-order valence-electron chi connectivity index (χ1n) is 9.41. The van der Waals surface area contributed by atoms with Gasteiger partial charge in [-0.2, -0.15) is 0 Å². The highest BCUT2D eigenvalue weighted by Gasteiger charge is 2.17. The molecule has 0 aliphatic heterocycles. The second-order valence-electron chi connectivity index (χ2n) is 7.16. The lowest BCUT2D eigenvalue weighted by atomic mass is 10.2. The molecular formula is C21H18BrClN6OS2. The second-order valence-corrected chi connectivity index (χ2v) is 9.75. The van der Waals surface area contributed by atoms with Crippen molar-refractivity contribution in [2.24, 2.45) is 10.2 Å². The molecule has 0 fully saturated rings. The minimum Gasteiger partial charge on any atom is -0.493 e. The molecule has 4 rings (SSSR count). The van der Waals surface area contributed by atoms with Crippen molar-refractivity contribution < 1.29 is 5.11 Å². The van der Waals surface area contributed by atoms with E-state index in [0.29, 0.717) is 22.5 Å². The van der Waals surface area contributed by atoms with E-state index >= 15 is 0 Å². The van der Waals surface area contributed by atoms with Gasteiger partial charge in [-0.3, -0.25) is 9.47 Å². The Morgan fingerprint density at radius 2 is 2.03 bits per heavy atom. The van der Waals surface area contributed by atoms with Gasteiger partial charge in [-0.25, -0.2) is 4.98 Å². The molecule has 11 heteroatoms. The lowest BCUT2D eigenvalue weighted by molar-refractivity contribution is 0.304. The van der Waals surface area contributed by atoms with E-state index in [4.69, 9.17) is 23.8 Å². The van der Waals surface area contributed by atoms with E-state index in [1.165, 1.54) is 11.3 Å². The van der Waals surface area contributed by atoms with E-state index in [-0.39, 0.29) is 11.0 Å². The van der Waals surface area contributed by atoms with Crippen LogP contribution in [0.15, 0.2) is 62.5 Å². The number of anilines is 1. The number of azo groups is 1. The third-order valence-corrected chi connectivity index (χ3v) is 6.18. The predicted molar refractivity (Wildman–Crippen MR) is 138 cm³/mol. The minimum absolute atomic E-state index is 0.0256. The summed E-state index contributed by atoms with van der Waals surface area (Å²) in [6, 6.07) is 13.2. The average molecular weight is 550 g/mol. The van der Waals surface area contributed by atoms with Crippen molar-refractivity contribution in [3.05, 3.63) is 57.3 Å². The van der Waals surface area contributed by atoms with Gasteiger partial charge in [0.25, 0.3) is 0 Å². The predicted octanol–water partition coefficient (Wildman–Crippen LogP) is 6.89. The van der Waals surface area contributed by atoms with Crippen LogP contribution in [0.4, 0.5) is 10.8 Å². The van der Waals surface area contributed by atoms with Crippen molar-refractivity contribution in [2.45, 2.75) is 6.67 Å². The smallest absolute Gasteiger partial charge is 0.221 e. The van der Waals surface area contributed by atoms with Crippen LogP contribution in [0.25, 0.3) is 22.2 Å². The zero-order chi connectivity index (χ0) is 22.8. The largest absolute Gasteiger partial charge is 0.493 e. The Bertz CT molecular complexity index is 1320. The van der Waals surface area contributed by atoms with Gasteiger partial charge in [0.15, 0.2) is 10.8 Å². The maximum Gasteiger partial charge on any atom is 0.221 e. The second kappa shape index (κ2) is 9.63. The number of rotatable bonds is 5. The molecular weight excluding hydrogens is 532 g/mol. The summed E-state index contributed by atoms with van der Waals surface area (Å²) in [5.41, 5.74) is 2.96. The number of hydrogen-bond acceptors (Lipinski definition) is 6. The molecule has 0 saturated heterocycles. The van der Waals surface area contributed by atoms with Gasteiger partial charge in [0.2, 0.25) is 11.0 Å². The van der Waals surface area contributed by atoms with Crippen LogP contribution >= 0.6 is 51.1 Å². The third kappa shape index (κ3) is 5.00. The SMILES string of the molecule is CN(C)Cn1c(O)c(N=NC(=S)Nc2nc(-c3ccc(Cl)cc3)cs2)c2cc(Br)ccc21. The summed E-state index contributed by atoms with van der Waals surface area (Å²) in [6.07, 6.45) is 0. The van der Waals surface area contributed by atoms with Gasteiger partial charge in [-0.15, -0.1) is 21.6 Å². The Kier molecular flexibility index (Phi) is 6.87. The number of hydrogen-bond donors (Lipinski definition) is 2. The highest BCUT2D eigenvalue weighted by Crippen LogP contribution is 2.40. The molecule has 0 aliphatic carbocycles. The fraction of sp³-hybridized carbons (Fsp3) is 0.143. The number of nitrogens with one attached hydrogen (secondary N) is 1. The molecule has 7 nitrogen and oxygen atoms in total. The number of benzene rings is 2. The summed E-state index contributed by atoms with van der Waals surface area (Å²) in [7, 11) is 3.85. The standard InChI is InChI=1S/C21H18BrClN6OS2/c1-28(2)11-29-17-8-5-13(22)9-15(17)18(19(29)30)26-27-20(31)25-21-24-16(10-32-21)12-3-6-14(23)7-4-12/h3-10,30H,11H2,1-2H3,(H,24,25,31). The fourth-order valence-corrected chi connectivity index (χ4v) is 4.52. The average Bonchev–Trinajstić information content (AvgIpc) is 3.30. The molecule has 0 bridgehead atoms. The molecule has 0 atom stereocenters. The van der Waals surface area contributed by atoms with Crippen LogP contribution in [-0.4, -0.2) is 38.8 Å². The molecule has 2 aromatic heterocycles. The van der Waals surface area contributed by atoms with Crippen molar-refractivity contribution in [1.29, 1.82) is 0 Å². The maximum atomic E-state index is 10.8. The molecule has 0 unspecified atom stereocenters. The van der Waals surface area contributed by atoms with E-state index in [0.717, 1.165) is 26.6 Å². The molecule has 32 heavy (non-hydrogen) atoms. The van der Waals surface area contributed by atoms with Gasteiger partial charge in [0, 0.05) is 25.8 Å². The highest BCUT2D eigenvalue weighted by molar-refractivity contribution is 9.10. The monoisotopic (exact) mass is 548 g/mol. The molecule has 164 valence electrons. The zero-order valence-corrected chi connectivity index (χ0v) is 21.1. The fourth-order valence-electron chi connectivity index (χ4n) is 3.12. The Hall–Kier alpha value is -2.37. The van der Waals surface area contributed by atoms with Crippen molar-refractivity contribution >= 4 is 77.9 Å². The summed E-state index contributed by atoms with van der Waals surface area (Å²) < 4.78 is 2.65. The highest BCUT2D eigenvalue weighted by atomic mass is 79.9. The molecule has 4 aromatic rings. The number of thiocarbonyl (C=S) groups is 1. The van der Waals surface area contributed by atoms with Crippen LogP contribution in [0.5, 0.6) is 5.88 Å². The number of halogens is 2. The number of nitrogens with zero attached hydrogens (tertiary/aromatic N) is 5. The van der Waals surface area contributed by atoms with Crippen LogP contribution in [-0.2, 0) is 6.67 Å².